The predicted molar refractivity (Wildman–Crippen MR) is 104 cm³/mol. The SMILES string of the molecule is CCCNC(=O)[C@@H]1C[C@@H]2CC3(CC[C@H]2N(Cc2ccccc2)C1)OCCO3. The average Bonchev–Trinajstić information content (AvgIpc) is 3.14. The van der Waals surface area contributed by atoms with Crippen molar-refractivity contribution in [2.24, 2.45) is 11.8 Å². The number of hydrogen-bond donors (Lipinski definition) is 1. The first-order valence-electron chi connectivity index (χ1n) is 10.5. The summed E-state index contributed by atoms with van der Waals surface area (Å²) in [5.41, 5.74) is 1.32. The van der Waals surface area contributed by atoms with Gasteiger partial charge in [0.05, 0.1) is 19.1 Å². The van der Waals surface area contributed by atoms with Crippen LogP contribution in [-0.4, -0.2) is 48.9 Å². The Morgan fingerprint density at radius 3 is 2.78 bits per heavy atom. The van der Waals surface area contributed by atoms with Gasteiger partial charge in [-0.1, -0.05) is 37.3 Å². The van der Waals surface area contributed by atoms with Crippen LogP contribution in [0.15, 0.2) is 30.3 Å². The van der Waals surface area contributed by atoms with Gasteiger partial charge in [0.2, 0.25) is 5.91 Å². The first-order chi connectivity index (χ1) is 13.2. The number of benzene rings is 1. The summed E-state index contributed by atoms with van der Waals surface area (Å²) in [5.74, 6) is 0.326. The van der Waals surface area contributed by atoms with E-state index in [2.05, 4.69) is 47.5 Å². The third-order valence-corrected chi connectivity index (χ3v) is 6.41. The number of fused-ring (bicyclic) bond motifs is 1. The number of nitrogens with zero attached hydrogens (tertiary/aromatic N) is 1. The minimum Gasteiger partial charge on any atom is -0.356 e. The smallest absolute Gasteiger partial charge is 0.224 e. The molecule has 27 heavy (non-hydrogen) atoms. The van der Waals surface area contributed by atoms with E-state index in [9.17, 15) is 4.79 Å². The molecule has 0 unspecified atom stereocenters. The second kappa shape index (κ2) is 8.29. The molecule has 1 aromatic rings. The number of nitrogens with one attached hydrogen (secondary N) is 1. The van der Waals surface area contributed by atoms with Crippen LogP contribution in [0, 0.1) is 11.8 Å². The number of piperidine rings is 1. The first-order valence-corrected chi connectivity index (χ1v) is 10.5. The van der Waals surface area contributed by atoms with Gasteiger partial charge < -0.3 is 14.8 Å². The molecule has 4 rings (SSSR count). The van der Waals surface area contributed by atoms with E-state index >= 15 is 0 Å². The number of amides is 1. The molecule has 0 radical (unpaired) electrons. The highest BCUT2D eigenvalue weighted by Gasteiger charge is 2.49. The lowest BCUT2D eigenvalue weighted by atomic mass is 9.72. The lowest BCUT2D eigenvalue weighted by molar-refractivity contribution is -0.204. The van der Waals surface area contributed by atoms with Crippen LogP contribution in [-0.2, 0) is 20.8 Å². The van der Waals surface area contributed by atoms with Crippen LogP contribution in [0.3, 0.4) is 0 Å². The third-order valence-electron chi connectivity index (χ3n) is 6.41. The van der Waals surface area contributed by atoms with Gasteiger partial charge in [-0.3, -0.25) is 9.69 Å². The van der Waals surface area contributed by atoms with Crippen molar-refractivity contribution >= 4 is 5.91 Å². The molecular formula is C22H32N2O3. The fraction of sp³-hybridized carbons (Fsp3) is 0.682. The molecule has 0 bridgehead atoms. The topological polar surface area (TPSA) is 50.8 Å². The summed E-state index contributed by atoms with van der Waals surface area (Å²) in [5, 5.41) is 3.11. The van der Waals surface area contributed by atoms with Crippen LogP contribution in [0.25, 0.3) is 0 Å². The summed E-state index contributed by atoms with van der Waals surface area (Å²) in [6.07, 6.45) is 4.89. The molecule has 3 fully saturated rings. The summed E-state index contributed by atoms with van der Waals surface area (Å²) >= 11 is 0. The summed E-state index contributed by atoms with van der Waals surface area (Å²) in [6.45, 7) is 6.02. The van der Waals surface area contributed by atoms with Crippen molar-refractivity contribution in [3.8, 4) is 0 Å². The molecule has 5 heteroatoms. The maximum absolute atomic E-state index is 12.7. The summed E-state index contributed by atoms with van der Waals surface area (Å²) in [6, 6.07) is 11.1. The standard InChI is InChI=1S/C22H32N2O3/c1-2-10-23-21(25)19-13-18-14-22(26-11-12-27-22)9-8-20(18)24(16-19)15-17-6-4-3-5-7-17/h3-7,18-20H,2,8-16H2,1H3,(H,23,25)/t18-,19-,20-/m1/s1. The zero-order valence-corrected chi connectivity index (χ0v) is 16.4. The third kappa shape index (κ3) is 4.20. The molecule has 1 amide bonds. The van der Waals surface area contributed by atoms with E-state index in [0.29, 0.717) is 25.2 Å². The lowest BCUT2D eigenvalue weighted by Gasteiger charge is -2.50. The molecule has 2 heterocycles. The Labute approximate surface area is 162 Å². The molecular weight excluding hydrogens is 340 g/mol. The zero-order chi connectivity index (χ0) is 18.7. The largest absolute Gasteiger partial charge is 0.356 e. The maximum Gasteiger partial charge on any atom is 0.224 e. The minimum atomic E-state index is -0.388. The zero-order valence-electron chi connectivity index (χ0n) is 16.4. The first kappa shape index (κ1) is 18.9. The van der Waals surface area contributed by atoms with Gasteiger partial charge in [-0.2, -0.15) is 0 Å². The number of hydrogen-bond acceptors (Lipinski definition) is 4. The van der Waals surface area contributed by atoms with Crippen molar-refractivity contribution < 1.29 is 14.3 Å². The van der Waals surface area contributed by atoms with E-state index in [0.717, 1.165) is 51.7 Å². The molecule has 3 atom stereocenters. The number of carbonyl (C=O) groups excluding carboxylic acids is 1. The van der Waals surface area contributed by atoms with E-state index in [1.54, 1.807) is 0 Å². The molecule has 1 aromatic carbocycles. The number of rotatable bonds is 5. The Morgan fingerprint density at radius 2 is 2.04 bits per heavy atom. The Morgan fingerprint density at radius 1 is 1.26 bits per heavy atom. The molecule has 2 saturated heterocycles. The summed E-state index contributed by atoms with van der Waals surface area (Å²) in [4.78, 5) is 15.3. The van der Waals surface area contributed by atoms with Gasteiger partial charge in [0.1, 0.15) is 0 Å². The Bertz CT molecular complexity index is 630. The van der Waals surface area contributed by atoms with Gasteiger partial charge in [0.25, 0.3) is 0 Å². The molecule has 1 N–H and O–H groups in total. The lowest BCUT2D eigenvalue weighted by Crippen LogP contribution is -2.56. The van der Waals surface area contributed by atoms with Crippen LogP contribution in [0.1, 0.15) is 44.6 Å². The Hall–Kier alpha value is -1.43. The Kier molecular flexibility index (Phi) is 5.81. The molecule has 1 saturated carbocycles. The van der Waals surface area contributed by atoms with Crippen LogP contribution < -0.4 is 5.32 Å². The fourth-order valence-corrected chi connectivity index (χ4v) is 5.16. The van der Waals surface area contributed by atoms with E-state index in [4.69, 9.17) is 9.47 Å². The van der Waals surface area contributed by atoms with Crippen LogP contribution in [0.2, 0.25) is 0 Å². The van der Waals surface area contributed by atoms with Gasteiger partial charge in [0.15, 0.2) is 5.79 Å². The minimum absolute atomic E-state index is 0.0538. The fourth-order valence-electron chi connectivity index (χ4n) is 5.16. The van der Waals surface area contributed by atoms with Crippen molar-refractivity contribution in [3.05, 3.63) is 35.9 Å². The van der Waals surface area contributed by atoms with Gasteiger partial charge in [-0.05, 0) is 30.7 Å². The van der Waals surface area contributed by atoms with Gasteiger partial charge in [0, 0.05) is 38.5 Å². The van der Waals surface area contributed by atoms with Crippen molar-refractivity contribution in [1.29, 1.82) is 0 Å². The van der Waals surface area contributed by atoms with Crippen molar-refractivity contribution in [2.45, 2.75) is 57.4 Å². The predicted octanol–water partition coefficient (Wildman–Crippen LogP) is 2.95. The van der Waals surface area contributed by atoms with Gasteiger partial charge in [-0.15, -0.1) is 0 Å². The Balaban J connectivity index is 1.51. The summed E-state index contributed by atoms with van der Waals surface area (Å²) in [7, 11) is 0. The molecule has 1 spiro atoms. The van der Waals surface area contributed by atoms with Crippen LogP contribution in [0.5, 0.6) is 0 Å². The molecule has 3 aliphatic rings. The molecule has 5 nitrogen and oxygen atoms in total. The summed E-state index contributed by atoms with van der Waals surface area (Å²) < 4.78 is 12.0. The highest BCUT2D eigenvalue weighted by Crippen LogP contribution is 2.45. The van der Waals surface area contributed by atoms with Crippen molar-refractivity contribution in [3.63, 3.8) is 0 Å². The quantitative estimate of drug-likeness (QED) is 0.863. The number of carbonyl (C=O) groups is 1. The second-order valence-electron chi connectivity index (χ2n) is 8.32. The normalized spacial score (nSPS) is 30.2. The van der Waals surface area contributed by atoms with E-state index in [1.807, 2.05) is 0 Å². The van der Waals surface area contributed by atoms with Gasteiger partial charge >= 0.3 is 0 Å². The highest BCUT2D eigenvalue weighted by atomic mass is 16.7. The van der Waals surface area contributed by atoms with Crippen LogP contribution in [0.4, 0.5) is 0 Å². The van der Waals surface area contributed by atoms with E-state index < -0.39 is 0 Å². The van der Waals surface area contributed by atoms with Gasteiger partial charge in [-0.25, -0.2) is 0 Å². The molecule has 1 aliphatic carbocycles. The number of ether oxygens (including phenoxy) is 2. The molecule has 2 aliphatic heterocycles. The molecule has 148 valence electrons. The molecule has 0 aromatic heterocycles. The van der Waals surface area contributed by atoms with E-state index in [1.165, 1.54) is 5.56 Å². The second-order valence-corrected chi connectivity index (χ2v) is 8.32. The maximum atomic E-state index is 12.7. The van der Waals surface area contributed by atoms with Crippen LogP contribution >= 0.6 is 0 Å². The van der Waals surface area contributed by atoms with Crippen molar-refractivity contribution in [2.75, 3.05) is 26.3 Å². The number of likely N-dealkylation sites (tertiary alicyclic amines) is 1. The van der Waals surface area contributed by atoms with Crippen molar-refractivity contribution in [1.82, 2.24) is 10.2 Å². The average molecular weight is 373 g/mol. The van der Waals surface area contributed by atoms with E-state index in [-0.39, 0.29) is 17.6 Å². The monoisotopic (exact) mass is 372 g/mol. The highest BCUT2D eigenvalue weighted by molar-refractivity contribution is 5.79.